The number of carbonyl (C=O) groups excluding carboxylic acids is 1. The molecule has 2 rings (SSSR count). The summed E-state index contributed by atoms with van der Waals surface area (Å²) in [5.41, 5.74) is 5.66. The minimum absolute atomic E-state index is 0.0351. The smallest absolute Gasteiger partial charge is 0.261 e. The molecular formula is C14H10ClN3O3S. The fourth-order valence-electron chi connectivity index (χ4n) is 1.67. The van der Waals surface area contributed by atoms with Gasteiger partial charge in [-0.2, -0.15) is 5.26 Å². The molecule has 0 aliphatic rings. The number of amides is 1. The maximum absolute atomic E-state index is 12.3. The molecule has 3 N–H and O–H groups in total. The Hall–Kier alpha value is -2.56. The molecule has 0 saturated heterocycles. The molecule has 112 valence electrons. The Balaban J connectivity index is 2.38. The number of rotatable bonds is 4. The fourth-order valence-corrected chi connectivity index (χ4v) is 2.96. The molecule has 0 fully saturated rings. The summed E-state index contributed by atoms with van der Waals surface area (Å²) in [4.78, 5) is 11.1. The van der Waals surface area contributed by atoms with E-state index in [9.17, 15) is 13.2 Å². The van der Waals surface area contributed by atoms with Gasteiger partial charge in [-0.05, 0) is 42.5 Å². The molecule has 0 saturated carbocycles. The lowest BCUT2D eigenvalue weighted by Crippen LogP contribution is -2.15. The molecule has 8 heteroatoms. The van der Waals surface area contributed by atoms with E-state index in [-0.39, 0.29) is 21.2 Å². The van der Waals surface area contributed by atoms with E-state index in [1.54, 1.807) is 0 Å². The van der Waals surface area contributed by atoms with Crippen LogP contribution in [0, 0.1) is 11.3 Å². The van der Waals surface area contributed by atoms with Crippen molar-refractivity contribution in [1.82, 2.24) is 0 Å². The van der Waals surface area contributed by atoms with Crippen LogP contribution in [0.3, 0.4) is 0 Å². The van der Waals surface area contributed by atoms with E-state index in [0.717, 1.165) is 0 Å². The fraction of sp³-hybridized carbons (Fsp3) is 0. The van der Waals surface area contributed by atoms with Crippen LogP contribution in [-0.4, -0.2) is 14.3 Å². The van der Waals surface area contributed by atoms with Crippen molar-refractivity contribution in [3.8, 4) is 6.07 Å². The first-order chi connectivity index (χ1) is 10.3. The number of nitrogens with two attached hydrogens (primary N) is 1. The molecule has 0 aliphatic carbocycles. The van der Waals surface area contributed by atoms with E-state index >= 15 is 0 Å². The molecule has 0 heterocycles. The zero-order valence-corrected chi connectivity index (χ0v) is 12.6. The summed E-state index contributed by atoms with van der Waals surface area (Å²) in [5, 5.41) is 8.84. The number of hydrogen-bond donors (Lipinski definition) is 2. The summed E-state index contributed by atoms with van der Waals surface area (Å²) in [6.07, 6.45) is 0. The van der Waals surface area contributed by atoms with Crippen molar-refractivity contribution < 1.29 is 13.2 Å². The lowest BCUT2D eigenvalue weighted by molar-refractivity contribution is 0.100. The first kappa shape index (κ1) is 15.8. The highest BCUT2D eigenvalue weighted by atomic mass is 35.5. The standard InChI is InChI=1S/C14H10ClN3O3S/c15-12-6-3-10(14(17)19)7-13(12)18-22(20,21)11-4-1-9(8-16)2-5-11/h1-7,18H,(H2,17,19). The first-order valence-corrected chi connectivity index (χ1v) is 7.82. The Morgan fingerprint density at radius 1 is 1.18 bits per heavy atom. The number of halogens is 1. The third-order valence-electron chi connectivity index (χ3n) is 2.79. The predicted octanol–water partition coefficient (Wildman–Crippen LogP) is 2.11. The average Bonchev–Trinajstić information content (AvgIpc) is 2.49. The van der Waals surface area contributed by atoms with E-state index < -0.39 is 15.9 Å². The van der Waals surface area contributed by atoms with E-state index in [0.29, 0.717) is 5.56 Å². The van der Waals surface area contributed by atoms with Crippen LogP contribution in [0.15, 0.2) is 47.4 Å². The molecular weight excluding hydrogens is 326 g/mol. The predicted molar refractivity (Wildman–Crippen MR) is 81.9 cm³/mol. The van der Waals surface area contributed by atoms with Gasteiger partial charge >= 0.3 is 0 Å². The quantitative estimate of drug-likeness (QED) is 0.890. The Bertz CT molecular complexity index is 871. The molecule has 2 aromatic carbocycles. The maximum atomic E-state index is 12.3. The normalized spacial score (nSPS) is 10.7. The summed E-state index contributed by atoms with van der Waals surface area (Å²) in [5.74, 6) is -0.699. The molecule has 0 spiro atoms. The van der Waals surface area contributed by atoms with Crippen molar-refractivity contribution in [3.63, 3.8) is 0 Å². The Morgan fingerprint density at radius 3 is 2.36 bits per heavy atom. The van der Waals surface area contributed by atoms with E-state index in [1.807, 2.05) is 6.07 Å². The van der Waals surface area contributed by atoms with Gasteiger partial charge in [0.2, 0.25) is 5.91 Å². The summed E-state index contributed by atoms with van der Waals surface area (Å²) >= 11 is 5.92. The molecule has 0 aromatic heterocycles. The second kappa shape index (κ2) is 6.05. The van der Waals surface area contributed by atoms with E-state index in [2.05, 4.69) is 4.72 Å². The summed E-state index contributed by atoms with van der Waals surface area (Å²) in [6.45, 7) is 0. The summed E-state index contributed by atoms with van der Waals surface area (Å²) in [6, 6.07) is 11.3. The van der Waals surface area contributed by atoms with Crippen LogP contribution in [-0.2, 0) is 10.0 Å². The van der Waals surface area contributed by atoms with Crippen LogP contribution in [0.25, 0.3) is 0 Å². The van der Waals surface area contributed by atoms with E-state index in [1.165, 1.54) is 42.5 Å². The Morgan fingerprint density at radius 2 is 1.82 bits per heavy atom. The van der Waals surface area contributed by atoms with Gasteiger partial charge in [-0.3, -0.25) is 9.52 Å². The van der Waals surface area contributed by atoms with Crippen LogP contribution >= 0.6 is 11.6 Å². The molecule has 0 bridgehead atoms. The van der Waals surface area contributed by atoms with Crippen LogP contribution in [0.2, 0.25) is 5.02 Å². The molecule has 0 unspecified atom stereocenters. The second-order valence-corrected chi connectivity index (χ2v) is 6.39. The number of carbonyl (C=O) groups is 1. The van der Waals surface area contributed by atoms with Gasteiger partial charge in [0.05, 0.1) is 27.2 Å². The van der Waals surface area contributed by atoms with Crippen LogP contribution in [0.4, 0.5) is 5.69 Å². The first-order valence-electron chi connectivity index (χ1n) is 5.96. The van der Waals surface area contributed by atoms with Crippen LogP contribution in [0.1, 0.15) is 15.9 Å². The van der Waals surface area contributed by atoms with Crippen molar-refractivity contribution in [2.45, 2.75) is 4.90 Å². The molecule has 6 nitrogen and oxygen atoms in total. The average molecular weight is 336 g/mol. The van der Waals surface area contributed by atoms with Crippen molar-refractivity contribution >= 4 is 33.2 Å². The van der Waals surface area contributed by atoms with E-state index in [4.69, 9.17) is 22.6 Å². The Kier molecular flexibility index (Phi) is 4.35. The highest BCUT2D eigenvalue weighted by Gasteiger charge is 2.16. The van der Waals surface area contributed by atoms with Crippen LogP contribution in [0.5, 0.6) is 0 Å². The number of benzene rings is 2. The Labute approximate surface area is 132 Å². The van der Waals surface area contributed by atoms with Gasteiger partial charge in [-0.15, -0.1) is 0 Å². The molecule has 1 amide bonds. The van der Waals surface area contributed by atoms with Gasteiger partial charge in [0, 0.05) is 5.56 Å². The minimum Gasteiger partial charge on any atom is -0.366 e. The summed E-state index contributed by atoms with van der Waals surface area (Å²) in [7, 11) is -3.90. The van der Waals surface area contributed by atoms with Crippen molar-refractivity contribution in [1.29, 1.82) is 5.26 Å². The maximum Gasteiger partial charge on any atom is 0.261 e. The zero-order valence-electron chi connectivity index (χ0n) is 11.1. The molecule has 22 heavy (non-hydrogen) atoms. The number of nitrogens with zero attached hydrogens (tertiary/aromatic N) is 1. The van der Waals surface area contributed by atoms with Crippen molar-refractivity contribution in [2.24, 2.45) is 5.73 Å². The van der Waals surface area contributed by atoms with Crippen LogP contribution < -0.4 is 10.5 Å². The largest absolute Gasteiger partial charge is 0.366 e. The highest BCUT2D eigenvalue weighted by molar-refractivity contribution is 7.92. The monoisotopic (exact) mass is 335 g/mol. The van der Waals surface area contributed by atoms with Crippen molar-refractivity contribution in [3.05, 3.63) is 58.6 Å². The number of primary amides is 1. The van der Waals surface area contributed by atoms with Gasteiger partial charge in [0.25, 0.3) is 10.0 Å². The lowest BCUT2D eigenvalue weighted by atomic mass is 10.2. The topological polar surface area (TPSA) is 113 Å². The lowest BCUT2D eigenvalue weighted by Gasteiger charge is -2.10. The van der Waals surface area contributed by atoms with Gasteiger partial charge < -0.3 is 5.73 Å². The number of sulfonamides is 1. The highest BCUT2D eigenvalue weighted by Crippen LogP contribution is 2.26. The third kappa shape index (κ3) is 3.36. The number of anilines is 1. The molecule has 0 aliphatic heterocycles. The van der Waals surface area contributed by atoms with Gasteiger partial charge in [-0.25, -0.2) is 8.42 Å². The number of hydrogen-bond acceptors (Lipinski definition) is 4. The van der Waals surface area contributed by atoms with Gasteiger partial charge in [0.1, 0.15) is 0 Å². The van der Waals surface area contributed by atoms with Gasteiger partial charge in [0.15, 0.2) is 0 Å². The SMILES string of the molecule is N#Cc1ccc(S(=O)(=O)Nc2cc(C(N)=O)ccc2Cl)cc1. The molecule has 0 radical (unpaired) electrons. The minimum atomic E-state index is -3.90. The summed E-state index contributed by atoms with van der Waals surface area (Å²) < 4.78 is 26.8. The zero-order chi connectivity index (χ0) is 16.3. The molecule has 2 aromatic rings. The molecule has 0 atom stereocenters. The number of nitrogens with one attached hydrogen (secondary N) is 1. The number of nitriles is 1. The van der Waals surface area contributed by atoms with Crippen molar-refractivity contribution in [2.75, 3.05) is 4.72 Å². The second-order valence-electron chi connectivity index (χ2n) is 4.30. The third-order valence-corrected chi connectivity index (χ3v) is 4.50. The van der Waals surface area contributed by atoms with Gasteiger partial charge in [-0.1, -0.05) is 11.6 Å².